The summed E-state index contributed by atoms with van der Waals surface area (Å²) < 4.78 is 6.52. The quantitative estimate of drug-likeness (QED) is 0.153. The second-order valence-corrected chi connectivity index (χ2v) is 16.3. The van der Waals surface area contributed by atoms with Crippen molar-refractivity contribution in [2.24, 2.45) is 0 Å². The lowest BCUT2D eigenvalue weighted by Gasteiger charge is -2.24. The van der Waals surface area contributed by atoms with Crippen molar-refractivity contribution in [2.45, 2.75) is 0 Å². The average molecular weight is 830 g/mol. The molecule has 0 aliphatic rings. The van der Waals surface area contributed by atoms with Gasteiger partial charge < -0.3 is 4.42 Å². The van der Waals surface area contributed by atoms with Crippen LogP contribution in [0.4, 0.5) is 0 Å². The number of hydrogen-bond acceptors (Lipinski definition) is 4. The molecule has 0 N–H and O–H groups in total. The molecule has 4 nitrogen and oxygen atoms in total. The van der Waals surface area contributed by atoms with Crippen LogP contribution in [0.5, 0.6) is 0 Å². The van der Waals surface area contributed by atoms with Gasteiger partial charge in [-0.1, -0.05) is 212 Å². The number of aromatic nitrogens is 3. The first-order valence-electron chi connectivity index (χ1n) is 21.9. The molecule has 2 aromatic heterocycles. The van der Waals surface area contributed by atoms with E-state index in [2.05, 4.69) is 206 Å². The third-order valence-corrected chi connectivity index (χ3v) is 12.3. The van der Waals surface area contributed by atoms with Gasteiger partial charge in [-0.15, -0.1) is 0 Å². The number of furan rings is 1. The molecule has 12 rings (SSSR count). The number of benzene rings is 10. The van der Waals surface area contributed by atoms with E-state index in [1.54, 1.807) is 0 Å². The van der Waals surface area contributed by atoms with Crippen LogP contribution in [0.25, 0.3) is 123 Å². The molecule has 4 heteroatoms. The predicted octanol–water partition coefficient (Wildman–Crippen LogP) is 16.3. The normalized spacial score (nSPS) is 11.4. The minimum absolute atomic E-state index is 0.551. The summed E-state index contributed by atoms with van der Waals surface area (Å²) in [5.74, 6) is 1.72. The van der Waals surface area contributed by atoms with Crippen molar-refractivity contribution in [3.63, 3.8) is 0 Å². The Balaban J connectivity index is 1.08. The van der Waals surface area contributed by atoms with Crippen LogP contribution in [0.15, 0.2) is 241 Å². The third kappa shape index (κ3) is 6.95. The first kappa shape index (κ1) is 38.0. The molecular weight excluding hydrogens is 791 g/mol. The van der Waals surface area contributed by atoms with E-state index in [9.17, 15) is 0 Å². The first-order chi connectivity index (χ1) is 32.2. The van der Waals surface area contributed by atoms with Crippen LogP contribution in [0.1, 0.15) is 0 Å². The lowest BCUT2D eigenvalue weighted by atomic mass is 9.79. The van der Waals surface area contributed by atoms with Crippen molar-refractivity contribution in [3.8, 4) is 89.8 Å². The monoisotopic (exact) mass is 829 g/mol. The second-order valence-electron chi connectivity index (χ2n) is 16.3. The maximum absolute atomic E-state index is 6.52. The Kier molecular flexibility index (Phi) is 9.46. The number of para-hydroxylation sites is 2. The van der Waals surface area contributed by atoms with Crippen molar-refractivity contribution < 1.29 is 4.42 Å². The summed E-state index contributed by atoms with van der Waals surface area (Å²) in [6.07, 6.45) is 0. The Morgan fingerprint density at radius 1 is 0.262 bits per heavy atom. The molecule has 0 saturated heterocycles. The number of nitrogens with zero attached hydrogens (tertiary/aromatic N) is 3. The molecule has 304 valence electrons. The first-order valence-corrected chi connectivity index (χ1v) is 21.9. The van der Waals surface area contributed by atoms with Gasteiger partial charge in [-0.25, -0.2) is 15.0 Å². The van der Waals surface area contributed by atoms with Crippen molar-refractivity contribution in [3.05, 3.63) is 237 Å². The highest BCUT2D eigenvalue weighted by atomic mass is 16.3. The Bertz CT molecular complexity index is 3680. The van der Waals surface area contributed by atoms with Gasteiger partial charge in [-0.3, -0.25) is 0 Å². The van der Waals surface area contributed by atoms with Crippen LogP contribution >= 0.6 is 0 Å². The minimum atomic E-state index is 0.551. The molecule has 10 aromatic carbocycles. The maximum atomic E-state index is 6.52. The summed E-state index contributed by atoms with van der Waals surface area (Å²) in [5, 5.41) is 4.36. The van der Waals surface area contributed by atoms with Gasteiger partial charge in [0.1, 0.15) is 11.2 Å². The number of hydrogen-bond donors (Lipinski definition) is 0. The largest absolute Gasteiger partial charge is 0.455 e. The smallest absolute Gasteiger partial charge is 0.167 e. The van der Waals surface area contributed by atoms with E-state index in [1.807, 2.05) is 30.3 Å². The van der Waals surface area contributed by atoms with E-state index < -0.39 is 0 Å². The summed E-state index contributed by atoms with van der Waals surface area (Å²) in [6.45, 7) is 0. The summed E-state index contributed by atoms with van der Waals surface area (Å²) in [6, 6.07) is 83.3. The van der Waals surface area contributed by atoms with E-state index in [1.165, 1.54) is 16.7 Å². The maximum Gasteiger partial charge on any atom is 0.167 e. The molecule has 2 heterocycles. The molecule has 0 bridgehead atoms. The van der Waals surface area contributed by atoms with Crippen LogP contribution in [0.3, 0.4) is 0 Å². The van der Waals surface area contributed by atoms with Gasteiger partial charge >= 0.3 is 0 Å². The van der Waals surface area contributed by atoms with Gasteiger partial charge in [0.25, 0.3) is 0 Å². The third-order valence-electron chi connectivity index (χ3n) is 12.3. The fourth-order valence-electron chi connectivity index (χ4n) is 9.26. The van der Waals surface area contributed by atoms with Gasteiger partial charge in [-0.2, -0.15) is 0 Å². The van der Waals surface area contributed by atoms with Crippen LogP contribution in [0, 0.1) is 0 Å². The summed E-state index contributed by atoms with van der Waals surface area (Å²) in [7, 11) is 0. The molecule has 0 atom stereocenters. The fourth-order valence-corrected chi connectivity index (χ4v) is 9.26. The molecule has 0 amide bonds. The lowest BCUT2D eigenvalue weighted by molar-refractivity contribution is 0.669. The molecule has 0 aliphatic heterocycles. The van der Waals surface area contributed by atoms with Crippen molar-refractivity contribution in [1.29, 1.82) is 0 Å². The van der Waals surface area contributed by atoms with Gasteiger partial charge in [0.15, 0.2) is 17.5 Å². The highest BCUT2D eigenvalue weighted by Crippen LogP contribution is 2.50. The SMILES string of the molecule is c1ccc(-c2cc(-c3ccc(-c4nc(-c5ccc6ccccc6c5)nc(-c5cccc6c5oc5ccccc56)n4)cc3)c(-c3ccccc3)c(-c3ccccc3)c2-c2ccccc2)cc1. The van der Waals surface area contributed by atoms with Crippen molar-refractivity contribution >= 4 is 32.7 Å². The Hall–Kier alpha value is -8.73. The summed E-state index contributed by atoms with van der Waals surface area (Å²) >= 11 is 0. The molecule has 0 fully saturated rings. The molecule has 65 heavy (non-hydrogen) atoms. The Labute approximate surface area is 376 Å². The van der Waals surface area contributed by atoms with E-state index in [0.29, 0.717) is 17.5 Å². The van der Waals surface area contributed by atoms with Gasteiger partial charge in [0.05, 0.1) is 5.56 Å². The summed E-state index contributed by atoms with van der Waals surface area (Å²) in [5.41, 5.74) is 15.7. The fraction of sp³-hybridized carbons (Fsp3) is 0. The van der Waals surface area contributed by atoms with Crippen molar-refractivity contribution in [1.82, 2.24) is 15.0 Å². The molecule has 0 radical (unpaired) electrons. The molecule has 0 unspecified atom stereocenters. The molecule has 0 aliphatic carbocycles. The zero-order valence-corrected chi connectivity index (χ0v) is 35.3. The van der Waals surface area contributed by atoms with Crippen LogP contribution in [-0.4, -0.2) is 15.0 Å². The van der Waals surface area contributed by atoms with E-state index >= 15 is 0 Å². The molecular formula is C61H39N3O. The van der Waals surface area contributed by atoms with Gasteiger partial charge in [0, 0.05) is 21.9 Å². The minimum Gasteiger partial charge on any atom is -0.455 e. The van der Waals surface area contributed by atoms with E-state index in [4.69, 9.17) is 19.4 Å². The standard InChI is InChI=1S/C61H39N3O/c1-5-19-41(20-6-1)52-39-53(56(44-23-9-3-10-24-44)57(45-25-11-4-12-26-45)55(52)43-21-7-2-8-22-43)42-33-35-46(36-34-42)59-62-60(48-37-32-40-18-13-14-27-47(40)38-48)64-61(63-59)51-30-17-29-50-49-28-15-16-31-54(49)65-58(50)51/h1-39H. The van der Waals surface area contributed by atoms with Crippen molar-refractivity contribution in [2.75, 3.05) is 0 Å². The predicted molar refractivity (Wildman–Crippen MR) is 268 cm³/mol. The zero-order valence-electron chi connectivity index (χ0n) is 35.3. The van der Waals surface area contributed by atoms with Gasteiger partial charge in [-0.05, 0) is 90.7 Å². The molecule has 12 aromatic rings. The van der Waals surface area contributed by atoms with Gasteiger partial charge in [0.2, 0.25) is 0 Å². The lowest BCUT2D eigenvalue weighted by Crippen LogP contribution is -2.00. The van der Waals surface area contributed by atoms with Crippen LogP contribution < -0.4 is 0 Å². The zero-order chi connectivity index (χ0) is 43.1. The van der Waals surface area contributed by atoms with Crippen LogP contribution in [-0.2, 0) is 0 Å². The number of fused-ring (bicyclic) bond motifs is 4. The van der Waals surface area contributed by atoms with Crippen LogP contribution in [0.2, 0.25) is 0 Å². The van der Waals surface area contributed by atoms with E-state index in [0.717, 1.165) is 88.3 Å². The summed E-state index contributed by atoms with van der Waals surface area (Å²) in [4.78, 5) is 15.6. The Morgan fingerprint density at radius 2 is 0.723 bits per heavy atom. The Morgan fingerprint density at radius 3 is 1.37 bits per heavy atom. The highest BCUT2D eigenvalue weighted by Gasteiger charge is 2.24. The second kappa shape index (κ2) is 16.2. The topological polar surface area (TPSA) is 51.8 Å². The molecule has 0 saturated carbocycles. The highest BCUT2D eigenvalue weighted by molar-refractivity contribution is 6.10. The average Bonchev–Trinajstić information content (AvgIpc) is 3.78. The number of rotatable bonds is 8. The molecule has 0 spiro atoms. The van der Waals surface area contributed by atoms with E-state index in [-0.39, 0.29) is 0 Å².